The summed E-state index contributed by atoms with van der Waals surface area (Å²) in [5, 5.41) is 21.9. The number of likely N-dealkylation sites (tertiary alicyclic amines) is 1. The van der Waals surface area contributed by atoms with Crippen LogP contribution in [-0.2, 0) is 11.2 Å². The Kier molecular flexibility index (Phi) is 4.88. The molecule has 1 saturated carbocycles. The molecule has 1 aromatic carbocycles. The van der Waals surface area contributed by atoms with Gasteiger partial charge in [0.1, 0.15) is 5.75 Å². The van der Waals surface area contributed by atoms with Crippen molar-refractivity contribution in [3.05, 3.63) is 29.8 Å². The highest BCUT2D eigenvalue weighted by Gasteiger charge is 2.55. The number of rotatable bonds is 5. The monoisotopic (exact) mass is 346 g/mol. The Morgan fingerprint density at radius 2 is 2.08 bits per heavy atom. The van der Waals surface area contributed by atoms with E-state index in [1.54, 1.807) is 17.0 Å². The second kappa shape index (κ2) is 6.94. The molecule has 6 heteroatoms. The van der Waals surface area contributed by atoms with E-state index in [-0.39, 0.29) is 23.7 Å². The van der Waals surface area contributed by atoms with Gasteiger partial charge in [-0.1, -0.05) is 18.6 Å². The molecule has 1 aromatic rings. The largest absolute Gasteiger partial charge is 0.508 e. The Morgan fingerprint density at radius 1 is 1.36 bits per heavy atom. The summed E-state index contributed by atoms with van der Waals surface area (Å²) in [6, 6.07) is 6.92. The molecule has 2 amide bonds. The van der Waals surface area contributed by atoms with Crippen LogP contribution in [0.3, 0.4) is 0 Å². The van der Waals surface area contributed by atoms with E-state index < -0.39 is 11.4 Å². The van der Waals surface area contributed by atoms with E-state index in [2.05, 4.69) is 5.32 Å². The van der Waals surface area contributed by atoms with Gasteiger partial charge < -0.3 is 20.4 Å². The molecule has 25 heavy (non-hydrogen) atoms. The van der Waals surface area contributed by atoms with Crippen molar-refractivity contribution >= 4 is 12.0 Å². The van der Waals surface area contributed by atoms with Crippen molar-refractivity contribution in [2.24, 2.45) is 11.3 Å². The number of aliphatic carboxylic acids is 1. The summed E-state index contributed by atoms with van der Waals surface area (Å²) in [6.45, 7) is 2.83. The lowest BCUT2D eigenvalue weighted by molar-refractivity contribution is -0.149. The van der Waals surface area contributed by atoms with E-state index in [0.29, 0.717) is 19.5 Å². The van der Waals surface area contributed by atoms with Gasteiger partial charge in [-0.2, -0.15) is 0 Å². The summed E-state index contributed by atoms with van der Waals surface area (Å²) >= 11 is 0. The van der Waals surface area contributed by atoms with Crippen molar-refractivity contribution in [2.45, 2.75) is 45.1 Å². The quantitative estimate of drug-likeness (QED) is 0.764. The van der Waals surface area contributed by atoms with Gasteiger partial charge in [-0.3, -0.25) is 4.79 Å². The highest BCUT2D eigenvalue weighted by Crippen LogP contribution is 2.48. The number of phenolic OH excluding ortho intramolecular Hbond substituents is 1. The fourth-order valence-corrected chi connectivity index (χ4v) is 4.21. The van der Waals surface area contributed by atoms with Crippen LogP contribution in [-0.4, -0.2) is 46.2 Å². The van der Waals surface area contributed by atoms with Crippen molar-refractivity contribution in [1.82, 2.24) is 10.2 Å². The Labute approximate surface area is 147 Å². The first kappa shape index (κ1) is 17.6. The minimum absolute atomic E-state index is 0.00233. The molecular formula is C19H26N2O4. The molecule has 1 saturated heterocycles. The highest BCUT2D eigenvalue weighted by molar-refractivity contribution is 5.80. The first-order valence-electron chi connectivity index (χ1n) is 8.97. The topological polar surface area (TPSA) is 89.9 Å². The predicted octanol–water partition coefficient (Wildman–Crippen LogP) is 2.61. The number of aryl methyl sites for hydroxylation is 1. The average molecular weight is 346 g/mol. The number of hydrogen-bond donors (Lipinski definition) is 3. The molecule has 6 nitrogen and oxygen atoms in total. The van der Waals surface area contributed by atoms with Gasteiger partial charge in [-0.25, -0.2) is 4.79 Å². The molecule has 0 radical (unpaired) electrons. The molecule has 3 atom stereocenters. The third-order valence-electron chi connectivity index (χ3n) is 5.76. The van der Waals surface area contributed by atoms with Crippen LogP contribution in [0.2, 0.25) is 0 Å². The molecule has 1 aliphatic heterocycles. The standard InChI is InChI=1S/C19H26N2O4/c1-13(4-5-14-6-8-16(22)9-7-14)20-18(25)21-11-15-3-2-10-19(15,12-21)17(23)24/h6-9,13,15,22H,2-5,10-12H2,1H3,(H,20,25)(H,23,24)/t13?,15-,19+/m0/s1. The normalized spacial score (nSPS) is 26.3. The lowest BCUT2D eigenvalue weighted by Gasteiger charge is -2.24. The lowest BCUT2D eigenvalue weighted by Crippen LogP contribution is -2.44. The van der Waals surface area contributed by atoms with E-state index in [4.69, 9.17) is 0 Å². The zero-order valence-corrected chi connectivity index (χ0v) is 14.6. The number of fused-ring (bicyclic) bond motifs is 1. The summed E-state index contributed by atoms with van der Waals surface area (Å²) in [5.41, 5.74) is 0.381. The van der Waals surface area contributed by atoms with Gasteiger partial charge in [-0.15, -0.1) is 0 Å². The third-order valence-corrected chi connectivity index (χ3v) is 5.76. The number of nitrogens with zero attached hydrogens (tertiary/aromatic N) is 1. The minimum Gasteiger partial charge on any atom is -0.508 e. The number of aromatic hydroxyl groups is 1. The Balaban J connectivity index is 1.50. The number of benzene rings is 1. The summed E-state index contributed by atoms with van der Waals surface area (Å²) < 4.78 is 0. The molecule has 0 bridgehead atoms. The maximum absolute atomic E-state index is 12.5. The SMILES string of the molecule is CC(CCc1ccc(O)cc1)NC(=O)N1C[C@@H]2CCC[C@@]2(C(=O)O)C1. The van der Waals surface area contributed by atoms with E-state index in [1.807, 2.05) is 19.1 Å². The van der Waals surface area contributed by atoms with Gasteiger partial charge in [0.2, 0.25) is 0 Å². The molecular weight excluding hydrogens is 320 g/mol. The molecule has 3 N–H and O–H groups in total. The molecule has 0 aromatic heterocycles. The van der Waals surface area contributed by atoms with Crippen LogP contribution in [0, 0.1) is 11.3 Å². The zero-order chi connectivity index (χ0) is 18.0. The molecule has 1 unspecified atom stereocenters. The van der Waals surface area contributed by atoms with Gasteiger partial charge in [-0.05, 0) is 56.2 Å². The molecule has 1 aliphatic carbocycles. The molecule has 136 valence electrons. The van der Waals surface area contributed by atoms with Crippen molar-refractivity contribution in [3.63, 3.8) is 0 Å². The fraction of sp³-hybridized carbons (Fsp3) is 0.579. The first-order chi connectivity index (χ1) is 11.9. The number of carboxylic acids is 1. The number of hydrogen-bond acceptors (Lipinski definition) is 3. The zero-order valence-electron chi connectivity index (χ0n) is 14.6. The van der Waals surface area contributed by atoms with E-state index in [9.17, 15) is 19.8 Å². The first-order valence-corrected chi connectivity index (χ1v) is 8.97. The number of carboxylic acid groups (broad SMARTS) is 1. The maximum Gasteiger partial charge on any atom is 0.317 e. The summed E-state index contributed by atoms with van der Waals surface area (Å²) in [7, 11) is 0. The number of phenols is 1. The summed E-state index contributed by atoms with van der Waals surface area (Å²) in [5.74, 6) is -0.425. The van der Waals surface area contributed by atoms with E-state index in [1.165, 1.54) is 0 Å². The molecule has 2 aliphatic rings. The summed E-state index contributed by atoms with van der Waals surface area (Å²) in [6.07, 6.45) is 4.11. The number of carbonyl (C=O) groups is 2. The van der Waals surface area contributed by atoms with Gasteiger partial charge in [0, 0.05) is 19.1 Å². The Morgan fingerprint density at radius 3 is 2.72 bits per heavy atom. The van der Waals surface area contributed by atoms with Crippen LogP contribution in [0.1, 0.15) is 38.2 Å². The third kappa shape index (κ3) is 3.57. The predicted molar refractivity (Wildman–Crippen MR) is 93.4 cm³/mol. The van der Waals surface area contributed by atoms with Crippen molar-refractivity contribution < 1.29 is 19.8 Å². The lowest BCUT2D eigenvalue weighted by atomic mass is 9.81. The summed E-state index contributed by atoms with van der Waals surface area (Å²) in [4.78, 5) is 25.9. The Hall–Kier alpha value is -2.24. The molecule has 2 fully saturated rings. The molecule has 0 spiro atoms. The smallest absolute Gasteiger partial charge is 0.317 e. The number of carbonyl (C=O) groups excluding carboxylic acids is 1. The van der Waals surface area contributed by atoms with Crippen molar-refractivity contribution in [2.75, 3.05) is 13.1 Å². The molecule has 3 rings (SSSR count). The average Bonchev–Trinajstić information content (AvgIpc) is 3.12. The van der Waals surface area contributed by atoms with Crippen molar-refractivity contribution in [3.8, 4) is 5.75 Å². The van der Waals surface area contributed by atoms with Crippen LogP contribution in [0.15, 0.2) is 24.3 Å². The van der Waals surface area contributed by atoms with Gasteiger partial charge in [0.15, 0.2) is 0 Å². The van der Waals surface area contributed by atoms with Crippen LogP contribution in [0.5, 0.6) is 5.75 Å². The fourth-order valence-electron chi connectivity index (χ4n) is 4.21. The molecule has 1 heterocycles. The van der Waals surface area contributed by atoms with Gasteiger partial charge in [0.05, 0.1) is 5.41 Å². The van der Waals surface area contributed by atoms with Crippen LogP contribution in [0.4, 0.5) is 4.79 Å². The minimum atomic E-state index is -0.759. The maximum atomic E-state index is 12.5. The highest BCUT2D eigenvalue weighted by atomic mass is 16.4. The van der Waals surface area contributed by atoms with Crippen molar-refractivity contribution in [1.29, 1.82) is 0 Å². The number of nitrogens with one attached hydrogen (secondary N) is 1. The number of urea groups is 1. The Bertz CT molecular complexity index is 645. The van der Waals surface area contributed by atoms with Crippen LogP contribution >= 0.6 is 0 Å². The van der Waals surface area contributed by atoms with Gasteiger partial charge in [0.25, 0.3) is 0 Å². The van der Waals surface area contributed by atoms with E-state index >= 15 is 0 Å². The van der Waals surface area contributed by atoms with Gasteiger partial charge >= 0.3 is 12.0 Å². The second-order valence-corrected chi connectivity index (χ2v) is 7.49. The van der Waals surface area contributed by atoms with E-state index in [0.717, 1.165) is 31.2 Å². The van der Waals surface area contributed by atoms with Crippen LogP contribution in [0.25, 0.3) is 0 Å². The second-order valence-electron chi connectivity index (χ2n) is 7.49. The number of amides is 2. The van der Waals surface area contributed by atoms with Crippen LogP contribution < -0.4 is 5.32 Å².